The van der Waals surface area contributed by atoms with Crippen molar-refractivity contribution in [3.8, 4) is 11.8 Å². The van der Waals surface area contributed by atoms with Crippen molar-refractivity contribution in [2.24, 2.45) is 0 Å². The molecule has 0 heterocycles. The number of nitriles is 1. The lowest BCUT2D eigenvalue weighted by Crippen LogP contribution is -2.21. The second-order valence-corrected chi connectivity index (χ2v) is 4.16. The van der Waals surface area contributed by atoms with E-state index in [9.17, 15) is 9.90 Å². The van der Waals surface area contributed by atoms with Crippen LogP contribution in [0.2, 0.25) is 0 Å². The highest BCUT2D eigenvalue weighted by Crippen LogP contribution is 2.21. The zero-order valence-corrected chi connectivity index (χ0v) is 11.6. The van der Waals surface area contributed by atoms with Crippen LogP contribution in [0.5, 0.6) is 5.75 Å². The van der Waals surface area contributed by atoms with E-state index in [-0.39, 0.29) is 17.0 Å². The first-order valence-corrected chi connectivity index (χ1v) is 6.29. The van der Waals surface area contributed by atoms with E-state index in [1.54, 1.807) is 35.3 Å². The van der Waals surface area contributed by atoms with Gasteiger partial charge in [-0.1, -0.05) is 24.3 Å². The summed E-state index contributed by atoms with van der Waals surface area (Å²) in [7, 11) is 0. The SMILES string of the molecule is C=CCN(/C=C(/C#N)C(=O)Nc1ccccc1O)CC=C. The van der Waals surface area contributed by atoms with Gasteiger partial charge in [0.2, 0.25) is 0 Å². The first-order valence-electron chi connectivity index (χ1n) is 6.29. The van der Waals surface area contributed by atoms with Gasteiger partial charge in [-0.15, -0.1) is 13.2 Å². The molecule has 21 heavy (non-hydrogen) atoms. The topological polar surface area (TPSA) is 76.4 Å². The molecule has 0 unspecified atom stereocenters. The zero-order valence-electron chi connectivity index (χ0n) is 11.6. The van der Waals surface area contributed by atoms with E-state index in [4.69, 9.17) is 5.26 Å². The van der Waals surface area contributed by atoms with E-state index in [2.05, 4.69) is 18.5 Å². The Morgan fingerprint density at radius 3 is 2.48 bits per heavy atom. The van der Waals surface area contributed by atoms with E-state index in [1.807, 2.05) is 6.07 Å². The number of anilines is 1. The van der Waals surface area contributed by atoms with Gasteiger partial charge in [-0.05, 0) is 12.1 Å². The Labute approximate surface area is 124 Å². The first-order chi connectivity index (χ1) is 10.1. The number of benzene rings is 1. The first kappa shape index (κ1) is 16.1. The van der Waals surface area contributed by atoms with E-state index >= 15 is 0 Å². The lowest BCUT2D eigenvalue weighted by molar-refractivity contribution is -0.112. The summed E-state index contributed by atoms with van der Waals surface area (Å²) in [6.07, 6.45) is 4.77. The minimum atomic E-state index is -0.586. The summed E-state index contributed by atoms with van der Waals surface area (Å²) in [5.41, 5.74) is 0.185. The van der Waals surface area contributed by atoms with Crippen molar-refractivity contribution < 1.29 is 9.90 Å². The highest BCUT2D eigenvalue weighted by molar-refractivity contribution is 6.07. The summed E-state index contributed by atoms with van der Waals surface area (Å²) >= 11 is 0. The van der Waals surface area contributed by atoms with Crippen molar-refractivity contribution in [3.05, 3.63) is 61.3 Å². The Kier molecular flexibility index (Phi) is 6.29. The van der Waals surface area contributed by atoms with Gasteiger partial charge in [0.1, 0.15) is 17.4 Å². The number of hydrogen-bond donors (Lipinski definition) is 2. The van der Waals surface area contributed by atoms with Crippen LogP contribution in [-0.4, -0.2) is 29.0 Å². The highest BCUT2D eigenvalue weighted by atomic mass is 16.3. The fraction of sp³-hybridized carbons (Fsp3) is 0.125. The van der Waals surface area contributed by atoms with E-state index in [1.165, 1.54) is 12.3 Å². The Bertz CT molecular complexity index is 590. The third-order valence-electron chi connectivity index (χ3n) is 2.56. The molecule has 0 aliphatic heterocycles. The lowest BCUT2D eigenvalue weighted by atomic mass is 10.2. The van der Waals surface area contributed by atoms with Crippen LogP contribution in [0.3, 0.4) is 0 Å². The third kappa shape index (κ3) is 4.88. The van der Waals surface area contributed by atoms with E-state index in [0.717, 1.165) is 0 Å². The molecule has 0 saturated carbocycles. The lowest BCUT2D eigenvalue weighted by Gasteiger charge is -2.16. The molecule has 1 amide bonds. The Morgan fingerprint density at radius 1 is 1.33 bits per heavy atom. The smallest absolute Gasteiger partial charge is 0.267 e. The van der Waals surface area contributed by atoms with Gasteiger partial charge in [-0.2, -0.15) is 5.26 Å². The predicted octanol–water partition coefficient (Wildman–Crippen LogP) is 2.41. The molecule has 2 N–H and O–H groups in total. The molecule has 0 aromatic heterocycles. The molecule has 0 aliphatic carbocycles. The number of carbonyl (C=O) groups excluding carboxylic acids is 1. The molecule has 5 nitrogen and oxygen atoms in total. The zero-order chi connectivity index (χ0) is 15.7. The van der Waals surface area contributed by atoms with Gasteiger partial charge >= 0.3 is 0 Å². The molecule has 0 fully saturated rings. The number of amides is 1. The fourth-order valence-electron chi connectivity index (χ4n) is 1.60. The quantitative estimate of drug-likeness (QED) is 0.349. The number of aromatic hydroxyl groups is 1. The van der Waals surface area contributed by atoms with Crippen LogP contribution in [0.15, 0.2) is 61.3 Å². The van der Waals surface area contributed by atoms with Crippen LogP contribution >= 0.6 is 0 Å². The molecule has 0 saturated heterocycles. The summed E-state index contributed by atoms with van der Waals surface area (Å²) in [4.78, 5) is 13.8. The largest absolute Gasteiger partial charge is 0.506 e. The Morgan fingerprint density at radius 2 is 1.95 bits per heavy atom. The van der Waals surface area contributed by atoms with Crippen molar-refractivity contribution in [1.82, 2.24) is 4.90 Å². The van der Waals surface area contributed by atoms with E-state index in [0.29, 0.717) is 13.1 Å². The van der Waals surface area contributed by atoms with Crippen LogP contribution in [0.1, 0.15) is 0 Å². The van der Waals surface area contributed by atoms with Gasteiger partial charge in [-0.25, -0.2) is 0 Å². The Hall–Kier alpha value is -3.00. The van der Waals surface area contributed by atoms with Crippen LogP contribution < -0.4 is 5.32 Å². The number of nitrogens with one attached hydrogen (secondary N) is 1. The molecule has 108 valence electrons. The molecular formula is C16H17N3O2. The summed E-state index contributed by atoms with van der Waals surface area (Å²) in [6.45, 7) is 8.21. The second-order valence-electron chi connectivity index (χ2n) is 4.16. The van der Waals surface area contributed by atoms with Gasteiger partial charge < -0.3 is 15.3 Å². The van der Waals surface area contributed by atoms with E-state index < -0.39 is 5.91 Å². The van der Waals surface area contributed by atoms with Crippen LogP contribution in [-0.2, 0) is 4.79 Å². The van der Waals surface area contributed by atoms with Crippen LogP contribution in [0.4, 0.5) is 5.69 Å². The van der Waals surface area contributed by atoms with Gasteiger partial charge in [-0.3, -0.25) is 4.79 Å². The molecule has 0 spiro atoms. The molecule has 0 aliphatic rings. The number of phenols is 1. The molecule has 0 radical (unpaired) electrons. The van der Waals surface area contributed by atoms with Gasteiger partial charge in [0.05, 0.1) is 5.69 Å². The maximum atomic E-state index is 12.0. The predicted molar refractivity (Wildman–Crippen MR) is 82.4 cm³/mol. The van der Waals surface area contributed by atoms with Gasteiger partial charge in [0.15, 0.2) is 0 Å². The average Bonchev–Trinajstić information content (AvgIpc) is 2.47. The monoisotopic (exact) mass is 283 g/mol. The minimum Gasteiger partial charge on any atom is -0.506 e. The third-order valence-corrected chi connectivity index (χ3v) is 2.56. The molecule has 1 aromatic rings. The molecule has 0 atom stereocenters. The van der Waals surface area contributed by atoms with Crippen LogP contribution in [0.25, 0.3) is 0 Å². The molecule has 1 rings (SSSR count). The van der Waals surface area contributed by atoms with Crippen molar-refractivity contribution in [2.45, 2.75) is 0 Å². The number of para-hydroxylation sites is 2. The maximum Gasteiger partial charge on any atom is 0.267 e. The van der Waals surface area contributed by atoms with Crippen molar-refractivity contribution in [2.75, 3.05) is 18.4 Å². The molecule has 1 aromatic carbocycles. The van der Waals surface area contributed by atoms with Crippen molar-refractivity contribution in [3.63, 3.8) is 0 Å². The number of hydrogen-bond acceptors (Lipinski definition) is 4. The summed E-state index contributed by atoms with van der Waals surface area (Å²) in [6, 6.07) is 8.16. The van der Waals surface area contributed by atoms with Crippen molar-refractivity contribution in [1.29, 1.82) is 5.26 Å². The van der Waals surface area contributed by atoms with Crippen LogP contribution in [0, 0.1) is 11.3 Å². The normalized spacial score (nSPS) is 10.3. The molecule has 0 bridgehead atoms. The second kappa shape index (κ2) is 8.23. The standard InChI is InChI=1S/C16H17N3O2/c1-3-9-19(10-4-2)12-13(11-17)16(21)18-14-7-5-6-8-15(14)20/h3-8,12,20H,1-2,9-10H2,(H,18,21)/b13-12-. The maximum absolute atomic E-state index is 12.0. The number of carbonyl (C=O) groups is 1. The minimum absolute atomic E-state index is 0.0582. The van der Waals surface area contributed by atoms with Crippen molar-refractivity contribution >= 4 is 11.6 Å². The molecule has 5 heteroatoms. The van der Waals surface area contributed by atoms with Gasteiger partial charge in [0, 0.05) is 19.3 Å². The average molecular weight is 283 g/mol. The fourth-order valence-corrected chi connectivity index (χ4v) is 1.60. The summed E-state index contributed by atoms with van der Waals surface area (Å²) in [5, 5.41) is 21.2. The highest BCUT2D eigenvalue weighted by Gasteiger charge is 2.12. The van der Waals surface area contributed by atoms with Gasteiger partial charge in [0.25, 0.3) is 5.91 Å². The molecular weight excluding hydrogens is 266 g/mol. The Balaban J connectivity index is 2.91. The number of rotatable bonds is 7. The number of nitrogens with zero attached hydrogens (tertiary/aromatic N) is 2. The summed E-state index contributed by atoms with van der Waals surface area (Å²) < 4.78 is 0. The number of phenolic OH excluding ortho intramolecular Hbond substituents is 1. The summed E-state index contributed by atoms with van der Waals surface area (Å²) in [5.74, 6) is -0.644.